The Kier molecular flexibility index (Phi) is 4.27. The fourth-order valence-electron chi connectivity index (χ4n) is 2.47. The van der Waals surface area contributed by atoms with Crippen LogP contribution in [0.15, 0.2) is 42.7 Å². The first-order chi connectivity index (χ1) is 12.0. The summed E-state index contributed by atoms with van der Waals surface area (Å²) in [6, 6.07) is 9.56. The Morgan fingerprint density at radius 1 is 1.32 bits per heavy atom. The van der Waals surface area contributed by atoms with Gasteiger partial charge in [-0.1, -0.05) is 12.1 Å². The monoisotopic (exact) mass is 335 g/mol. The Morgan fingerprint density at radius 3 is 2.84 bits per heavy atom. The predicted molar refractivity (Wildman–Crippen MR) is 90.2 cm³/mol. The molecule has 0 fully saturated rings. The number of hydrogen-bond donors (Lipinski definition) is 1. The summed E-state index contributed by atoms with van der Waals surface area (Å²) in [5.74, 6) is -0.800. The van der Waals surface area contributed by atoms with Gasteiger partial charge in [-0.25, -0.2) is 4.39 Å². The molecule has 0 aliphatic rings. The number of hydrogen-bond acceptors (Lipinski definition) is 4. The first kappa shape index (κ1) is 16.3. The third-order valence-corrected chi connectivity index (χ3v) is 3.63. The Balaban J connectivity index is 2.00. The molecule has 3 aromatic rings. The van der Waals surface area contributed by atoms with Crippen molar-refractivity contribution in [3.05, 3.63) is 65.4 Å². The van der Waals surface area contributed by atoms with Crippen LogP contribution in [0.3, 0.4) is 0 Å². The highest BCUT2D eigenvalue weighted by Crippen LogP contribution is 2.30. The smallest absolute Gasteiger partial charge is 0.257 e. The van der Waals surface area contributed by atoms with Crippen molar-refractivity contribution in [1.82, 2.24) is 14.8 Å². The maximum atomic E-state index is 14.5. The van der Waals surface area contributed by atoms with Crippen LogP contribution in [0.4, 0.5) is 10.2 Å². The third-order valence-electron chi connectivity index (χ3n) is 3.63. The highest BCUT2D eigenvalue weighted by molar-refractivity contribution is 6.05. The van der Waals surface area contributed by atoms with Crippen molar-refractivity contribution in [2.75, 3.05) is 5.32 Å². The molecule has 0 bridgehead atoms. The number of pyridine rings is 1. The largest absolute Gasteiger partial charge is 0.305 e. The number of aromatic nitrogens is 3. The highest BCUT2D eigenvalue weighted by Gasteiger charge is 2.18. The SMILES string of the molecule is Cc1cc(C(=O)Nc2nn(C)cc2-c2cccc(C#N)c2F)ccn1. The number of nitrogens with one attached hydrogen (secondary N) is 1. The van der Waals surface area contributed by atoms with Crippen LogP contribution in [-0.4, -0.2) is 20.7 Å². The first-order valence-electron chi connectivity index (χ1n) is 7.46. The number of nitrogens with zero attached hydrogens (tertiary/aromatic N) is 4. The summed E-state index contributed by atoms with van der Waals surface area (Å²) in [5, 5.41) is 15.9. The zero-order valence-electron chi connectivity index (χ0n) is 13.6. The molecule has 0 atom stereocenters. The van der Waals surface area contributed by atoms with Crippen LogP contribution in [-0.2, 0) is 7.05 Å². The van der Waals surface area contributed by atoms with E-state index in [2.05, 4.69) is 15.4 Å². The molecule has 3 rings (SSSR count). The Bertz CT molecular complexity index is 1000. The van der Waals surface area contributed by atoms with E-state index in [9.17, 15) is 9.18 Å². The van der Waals surface area contributed by atoms with E-state index in [1.165, 1.54) is 10.7 Å². The quantitative estimate of drug-likeness (QED) is 0.797. The fourth-order valence-corrected chi connectivity index (χ4v) is 2.47. The van der Waals surface area contributed by atoms with Gasteiger partial charge in [0.25, 0.3) is 5.91 Å². The molecule has 0 saturated carbocycles. The highest BCUT2D eigenvalue weighted by atomic mass is 19.1. The van der Waals surface area contributed by atoms with Crippen molar-refractivity contribution >= 4 is 11.7 Å². The van der Waals surface area contributed by atoms with E-state index in [-0.39, 0.29) is 22.9 Å². The lowest BCUT2D eigenvalue weighted by Gasteiger charge is -2.07. The van der Waals surface area contributed by atoms with Crippen molar-refractivity contribution in [3.63, 3.8) is 0 Å². The number of amides is 1. The van der Waals surface area contributed by atoms with E-state index in [0.717, 1.165) is 0 Å². The second-order valence-electron chi connectivity index (χ2n) is 5.48. The minimum Gasteiger partial charge on any atom is -0.305 e. The average molecular weight is 335 g/mol. The standard InChI is InChI=1S/C18H14FN5O/c1-11-8-12(6-7-21-11)18(25)22-17-15(10-24(2)23-17)14-5-3-4-13(9-20)16(14)19/h3-8,10H,1-2H3,(H,22,23,25). The van der Waals surface area contributed by atoms with Crippen LogP contribution in [0.25, 0.3) is 11.1 Å². The zero-order valence-corrected chi connectivity index (χ0v) is 13.6. The average Bonchev–Trinajstić information content (AvgIpc) is 2.95. The normalized spacial score (nSPS) is 10.3. The molecule has 0 aliphatic carbocycles. The van der Waals surface area contributed by atoms with Crippen molar-refractivity contribution in [1.29, 1.82) is 5.26 Å². The summed E-state index contributed by atoms with van der Waals surface area (Å²) >= 11 is 0. The van der Waals surface area contributed by atoms with E-state index in [0.29, 0.717) is 16.8 Å². The van der Waals surface area contributed by atoms with E-state index in [1.54, 1.807) is 50.6 Å². The fraction of sp³-hybridized carbons (Fsp3) is 0.111. The lowest BCUT2D eigenvalue weighted by atomic mass is 10.0. The Hall–Kier alpha value is -3.53. The number of carbonyl (C=O) groups is 1. The molecular formula is C18H14FN5O. The van der Waals surface area contributed by atoms with Gasteiger partial charge >= 0.3 is 0 Å². The van der Waals surface area contributed by atoms with Gasteiger partial charge in [0, 0.05) is 41.8 Å². The number of nitriles is 1. The molecule has 124 valence electrons. The lowest BCUT2D eigenvalue weighted by Crippen LogP contribution is -2.13. The summed E-state index contributed by atoms with van der Waals surface area (Å²) in [4.78, 5) is 16.5. The summed E-state index contributed by atoms with van der Waals surface area (Å²) < 4.78 is 16.0. The first-order valence-corrected chi connectivity index (χ1v) is 7.46. The molecule has 25 heavy (non-hydrogen) atoms. The van der Waals surface area contributed by atoms with Crippen LogP contribution < -0.4 is 5.32 Å². The number of aryl methyl sites for hydroxylation is 2. The van der Waals surface area contributed by atoms with Crippen molar-refractivity contribution in [3.8, 4) is 17.2 Å². The third kappa shape index (κ3) is 3.23. The second-order valence-corrected chi connectivity index (χ2v) is 5.48. The molecule has 0 unspecified atom stereocenters. The molecule has 0 spiro atoms. The summed E-state index contributed by atoms with van der Waals surface area (Å²) in [7, 11) is 1.67. The van der Waals surface area contributed by atoms with Gasteiger partial charge in [0.2, 0.25) is 0 Å². The molecule has 0 aliphatic heterocycles. The summed E-state index contributed by atoms with van der Waals surface area (Å²) in [5.41, 5.74) is 1.67. The maximum Gasteiger partial charge on any atom is 0.257 e. The van der Waals surface area contributed by atoms with Gasteiger partial charge in [0.1, 0.15) is 11.9 Å². The second kappa shape index (κ2) is 6.53. The molecule has 6 nitrogen and oxygen atoms in total. The number of halogens is 1. The van der Waals surface area contributed by atoms with E-state index in [1.807, 2.05) is 6.07 Å². The molecule has 0 saturated heterocycles. The van der Waals surface area contributed by atoms with Crippen LogP contribution in [0.5, 0.6) is 0 Å². The number of anilines is 1. The van der Waals surface area contributed by atoms with E-state index in [4.69, 9.17) is 5.26 Å². The number of benzene rings is 1. The van der Waals surface area contributed by atoms with Crippen molar-refractivity contribution in [2.24, 2.45) is 7.05 Å². The maximum absolute atomic E-state index is 14.5. The summed E-state index contributed by atoms with van der Waals surface area (Å²) in [6.07, 6.45) is 3.13. The van der Waals surface area contributed by atoms with E-state index >= 15 is 0 Å². The van der Waals surface area contributed by atoms with E-state index < -0.39 is 5.82 Å². The predicted octanol–water partition coefficient (Wildman–Crippen LogP) is 3.05. The molecule has 7 heteroatoms. The van der Waals surface area contributed by atoms with Crippen LogP contribution >= 0.6 is 0 Å². The molecule has 2 heterocycles. The topological polar surface area (TPSA) is 83.6 Å². The molecular weight excluding hydrogens is 321 g/mol. The molecule has 0 radical (unpaired) electrons. The van der Waals surface area contributed by atoms with Gasteiger partial charge in [-0.3, -0.25) is 14.5 Å². The van der Waals surface area contributed by atoms with Gasteiger partial charge in [-0.15, -0.1) is 0 Å². The van der Waals surface area contributed by atoms with Gasteiger partial charge in [-0.05, 0) is 25.1 Å². The Morgan fingerprint density at radius 2 is 2.12 bits per heavy atom. The lowest BCUT2D eigenvalue weighted by molar-refractivity contribution is 0.102. The summed E-state index contributed by atoms with van der Waals surface area (Å²) in [6.45, 7) is 1.78. The van der Waals surface area contributed by atoms with Crippen molar-refractivity contribution < 1.29 is 9.18 Å². The number of rotatable bonds is 3. The van der Waals surface area contributed by atoms with Crippen LogP contribution in [0, 0.1) is 24.1 Å². The molecule has 1 N–H and O–H groups in total. The van der Waals surface area contributed by atoms with Gasteiger partial charge in [0.15, 0.2) is 5.82 Å². The molecule has 1 aromatic carbocycles. The number of carbonyl (C=O) groups excluding carboxylic acids is 1. The molecule has 2 aromatic heterocycles. The Labute approximate surface area is 143 Å². The van der Waals surface area contributed by atoms with Crippen LogP contribution in [0.1, 0.15) is 21.6 Å². The minimum absolute atomic E-state index is 0.0663. The molecule has 1 amide bonds. The van der Waals surface area contributed by atoms with Gasteiger partial charge < -0.3 is 5.32 Å². The van der Waals surface area contributed by atoms with Crippen molar-refractivity contribution in [2.45, 2.75) is 6.92 Å². The zero-order chi connectivity index (χ0) is 18.0. The van der Waals surface area contributed by atoms with Crippen LogP contribution in [0.2, 0.25) is 0 Å². The van der Waals surface area contributed by atoms with Gasteiger partial charge in [-0.2, -0.15) is 10.4 Å². The van der Waals surface area contributed by atoms with Gasteiger partial charge in [0.05, 0.1) is 5.56 Å². The minimum atomic E-state index is -0.645.